The van der Waals surface area contributed by atoms with Crippen LogP contribution in [-0.4, -0.2) is 21.6 Å². The van der Waals surface area contributed by atoms with Crippen LogP contribution in [0.5, 0.6) is 11.5 Å². The highest BCUT2D eigenvalue weighted by molar-refractivity contribution is 5.84. The number of ether oxygens (including phenoxy) is 1. The molecule has 0 bridgehead atoms. The Morgan fingerprint density at radius 1 is 1.00 bits per heavy atom. The number of hydrogen-bond acceptors (Lipinski definition) is 4. The zero-order valence-electron chi connectivity index (χ0n) is 17.1. The van der Waals surface area contributed by atoms with Crippen molar-refractivity contribution >= 4 is 17.2 Å². The van der Waals surface area contributed by atoms with Crippen molar-refractivity contribution in [1.29, 1.82) is 0 Å². The van der Waals surface area contributed by atoms with Crippen LogP contribution in [-0.2, 0) is 0 Å². The SMILES string of the molecule is COc1c(O)cccc1-c1nc2cccc(C)n2c1Nc1ccc(C(C)C)cc1. The number of rotatable bonds is 5. The van der Waals surface area contributed by atoms with Crippen molar-refractivity contribution in [2.24, 2.45) is 0 Å². The molecule has 2 aromatic heterocycles. The summed E-state index contributed by atoms with van der Waals surface area (Å²) in [6, 6.07) is 19.8. The molecule has 4 rings (SSSR count). The van der Waals surface area contributed by atoms with E-state index in [1.165, 1.54) is 5.56 Å². The third-order valence-corrected chi connectivity index (χ3v) is 5.13. The number of hydrogen-bond donors (Lipinski definition) is 2. The maximum Gasteiger partial charge on any atom is 0.169 e. The molecule has 148 valence electrons. The van der Waals surface area contributed by atoms with Crippen LogP contribution in [0.1, 0.15) is 31.0 Å². The zero-order chi connectivity index (χ0) is 20.5. The molecule has 5 heteroatoms. The number of methoxy groups -OCH3 is 1. The summed E-state index contributed by atoms with van der Waals surface area (Å²) in [5.74, 6) is 1.81. The number of phenols is 1. The van der Waals surface area contributed by atoms with Crippen molar-refractivity contribution in [2.75, 3.05) is 12.4 Å². The summed E-state index contributed by atoms with van der Waals surface area (Å²) >= 11 is 0. The summed E-state index contributed by atoms with van der Waals surface area (Å²) in [6.45, 7) is 6.41. The summed E-state index contributed by atoms with van der Waals surface area (Å²) in [6.07, 6.45) is 0. The molecule has 2 heterocycles. The first kappa shape index (κ1) is 18.9. The van der Waals surface area contributed by atoms with Crippen LogP contribution in [0, 0.1) is 6.92 Å². The number of aromatic nitrogens is 2. The lowest BCUT2D eigenvalue weighted by Crippen LogP contribution is -2.00. The second-order valence-corrected chi connectivity index (χ2v) is 7.43. The minimum Gasteiger partial charge on any atom is -0.504 e. The Morgan fingerprint density at radius 2 is 1.72 bits per heavy atom. The lowest BCUT2D eigenvalue weighted by atomic mass is 10.0. The summed E-state index contributed by atoms with van der Waals surface area (Å²) in [5.41, 5.74) is 5.60. The van der Waals surface area contributed by atoms with Gasteiger partial charge in [0, 0.05) is 16.9 Å². The standard InChI is InChI=1S/C24H25N3O2/c1-15(2)17-11-13-18(14-12-17)25-24-22(19-8-6-9-20(28)23(19)29-4)26-21-10-5-7-16(3)27(21)24/h5-15,25,28H,1-4H3. The van der Waals surface area contributed by atoms with E-state index >= 15 is 0 Å². The minimum atomic E-state index is 0.0889. The van der Waals surface area contributed by atoms with Gasteiger partial charge in [0.1, 0.15) is 17.2 Å². The molecule has 0 aliphatic heterocycles. The minimum absolute atomic E-state index is 0.0889. The quantitative estimate of drug-likeness (QED) is 0.448. The molecule has 5 nitrogen and oxygen atoms in total. The Kier molecular flexibility index (Phi) is 4.89. The highest BCUT2D eigenvalue weighted by Crippen LogP contribution is 2.41. The number of benzene rings is 2. The van der Waals surface area contributed by atoms with E-state index in [9.17, 15) is 5.11 Å². The average molecular weight is 387 g/mol. The lowest BCUT2D eigenvalue weighted by molar-refractivity contribution is 0.375. The fourth-order valence-corrected chi connectivity index (χ4v) is 3.57. The van der Waals surface area contributed by atoms with Crippen molar-refractivity contribution in [2.45, 2.75) is 26.7 Å². The van der Waals surface area contributed by atoms with E-state index in [0.29, 0.717) is 11.7 Å². The Bertz CT molecular complexity index is 1160. The topological polar surface area (TPSA) is 58.8 Å². The number of anilines is 2. The van der Waals surface area contributed by atoms with Crippen LogP contribution in [0.4, 0.5) is 11.5 Å². The second-order valence-electron chi connectivity index (χ2n) is 7.43. The Hall–Kier alpha value is -3.47. The van der Waals surface area contributed by atoms with Gasteiger partial charge in [0.25, 0.3) is 0 Å². The zero-order valence-corrected chi connectivity index (χ0v) is 17.1. The number of imidazole rings is 1. The summed E-state index contributed by atoms with van der Waals surface area (Å²) < 4.78 is 7.56. The summed E-state index contributed by atoms with van der Waals surface area (Å²) in [7, 11) is 1.55. The predicted molar refractivity (Wildman–Crippen MR) is 117 cm³/mol. The van der Waals surface area contributed by atoms with Crippen LogP contribution in [0.25, 0.3) is 16.9 Å². The number of para-hydroxylation sites is 1. The summed E-state index contributed by atoms with van der Waals surface area (Å²) in [5, 5.41) is 13.8. The molecule has 0 saturated carbocycles. The van der Waals surface area contributed by atoms with E-state index in [0.717, 1.165) is 34.1 Å². The molecule has 2 aromatic carbocycles. The third kappa shape index (κ3) is 3.40. The first-order chi connectivity index (χ1) is 14.0. The largest absolute Gasteiger partial charge is 0.504 e. The molecule has 2 N–H and O–H groups in total. The Balaban J connectivity index is 1.90. The van der Waals surface area contributed by atoms with Crippen molar-refractivity contribution in [3.8, 4) is 22.8 Å². The number of aromatic hydroxyl groups is 1. The van der Waals surface area contributed by atoms with Gasteiger partial charge in [0.15, 0.2) is 11.5 Å². The normalized spacial score (nSPS) is 11.2. The highest BCUT2D eigenvalue weighted by atomic mass is 16.5. The maximum absolute atomic E-state index is 10.3. The molecule has 0 saturated heterocycles. The van der Waals surface area contributed by atoms with E-state index < -0.39 is 0 Å². The molecule has 4 aromatic rings. The molecule has 0 aliphatic carbocycles. The monoisotopic (exact) mass is 387 g/mol. The smallest absolute Gasteiger partial charge is 0.169 e. The van der Waals surface area contributed by atoms with Gasteiger partial charge < -0.3 is 15.2 Å². The van der Waals surface area contributed by atoms with E-state index in [-0.39, 0.29) is 5.75 Å². The molecular formula is C24H25N3O2. The van der Waals surface area contributed by atoms with Gasteiger partial charge >= 0.3 is 0 Å². The second kappa shape index (κ2) is 7.51. The van der Waals surface area contributed by atoms with Crippen LogP contribution < -0.4 is 10.1 Å². The van der Waals surface area contributed by atoms with Gasteiger partial charge in [-0.3, -0.25) is 4.40 Å². The van der Waals surface area contributed by atoms with Gasteiger partial charge in [-0.05, 0) is 54.8 Å². The number of nitrogens with zero attached hydrogens (tertiary/aromatic N) is 2. The molecule has 0 fully saturated rings. The lowest BCUT2D eigenvalue weighted by Gasteiger charge is -2.14. The van der Waals surface area contributed by atoms with E-state index in [4.69, 9.17) is 9.72 Å². The molecule has 0 radical (unpaired) electrons. The van der Waals surface area contributed by atoms with E-state index in [2.05, 4.69) is 47.8 Å². The van der Waals surface area contributed by atoms with Crippen molar-refractivity contribution in [1.82, 2.24) is 9.38 Å². The molecule has 29 heavy (non-hydrogen) atoms. The molecule has 0 unspecified atom stereocenters. The van der Waals surface area contributed by atoms with E-state index in [1.54, 1.807) is 19.2 Å². The van der Waals surface area contributed by atoms with Crippen LogP contribution in [0.3, 0.4) is 0 Å². The predicted octanol–water partition coefficient (Wildman–Crippen LogP) is 5.89. The molecular weight excluding hydrogens is 362 g/mol. The molecule has 0 atom stereocenters. The van der Waals surface area contributed by atoms with Gasteiger partial charge in [0.05, 0.1) is 7.11 Å². The Morgan fingerprint density at radius 3 is 2.41 bits per heavy atom. The fraction of sp³-hybridized carbons (Fsp3) is 0.208. The van der Waals surface area contributed by atoms with E-state index in [1.807, 2.05) is 31.2 Å². The number of nitrogens with one attached hydrogen (secondary N) is 1. The fourth-order valence-electron chi connectivity index (χ4n) is 3.57. The number of pyridine rings is 1. The third-order valence-electron chi connectivity index (χ3n) is 5.13. The number of fused-ring (bicyclic) bond motifs is 1. The van der Waals surface area contributed by atoms with Gasteiger partial charge in [-0.2, -0.15) is 0 Å². The first-order valence-electron chi connectivity index (χ1n) is 9.71. The van der Waals surface area contributed by atoms with Crippen molar-refractivity contribution in [3.63, 3.8) is 0 Å². The molecule has 0 aliphatic rings. The molecule has 0 amide bonds. The number of aryl methyl sites for hydroxylation is 1. The van der Waals surface area contributed by atoms with Crippen LogP contribution in [0.15, 0.2) is 60.7 Å². The Labute approximate surface area is 170 Å². The highest BCUT2D eigenvalue weighted by Gasteiger charge is 2.20. The van der Waals surface area contributed by atoms with Crippen molar-refractivity contribution < 1.29 is 9.84 Å². The van der Waals surface area contributed by atoms with Crippen LogP contribution in [0.2, 0.25) is 0 Å². The average Bonchev–Trinajstić information content (AvgIpc) is 3.07. The van der Waals surface area contributed by atoms with Crippen LogP contribution >= 0.6 is 0 Å². The molecule has 0 spiro atoms. The van der Waals surface area contributed by atoms with Gasteiger partial charge in [-0.1, -0.05) is 38.1 Å². The van der Waals surface area contributed by atoms with Gasteiger partial charge in [0.2, 0.25) is 0 Å². The van der Waals surface area contributed by atoms with Gasteiger partial charge in [-0.25, -0.2) is 4.98 Å². The summed E-state index contributed by atoms with van der Waals surface area (Å²) in [4.78, 5) is 4.84. The number of phenolic OH excluding ortho intramolecular Hbond substituents is 1. The van der Waals surface area contributed by atoms with Gasteiger partial charge in [-0.15, -0.1) is 0 Å². The first-order valence-corrected chi connectivity index (χ1v) is 9.71. The maximum atomic E-state index is 10.3. The van der Waals surface area contributed by atoms with Crippen molar-refractivity contribution in [3.05, 3.63) is 71.9 Å².